The van der Waals surface area contributed by atoms with Gasteiger partial charge in [-0.05, 0) is 19.8 Å². The number of barbiturate groups is 1. The molecule has 0 aliphatic carbocycles. The molecule has 106 valence electrons. The van der Waals surface area contributed by atoms with E-state index in [1.54, 1.807) is 20.8 Å². The van der Waals surface area contributed by atoms with Gasteiger partial charge in [-0.1, -0.05) is 13.8 Å². The molecule has 1 aliphatic heterocycles. The number of imide groups is 2. The van der Waals surface area contributed by atoms with Gasteiger partial charge in [-0.2, -0.15) is 0 Å². The first kappa shape index (κ1) is 15.1. The molecule has 7 heteroatoms. The Balaban J connectivity index is 3.19. The lowest BCUT2D eigenvalue weighted by atomic mass is 9.69. The van der Waals surface area contributed by atoms with Gasteiger partial charge in [0, 0.05) is 0 Å². The largest absolute Gasteiger partial charge is 0.466 e. The smallest absolute Gasteiger partial charge is 0.328 e. The third kappa shape index (κ3) is 2.45. The summed E-state index contributed by atoms with van der Waals surface area (Å²) < 4.78 is 4.91. The summed E-state index contributed by atoms with van der Waals surface area (Å²) in [4.78, 5) is 47.2. The third-order valence-corrected chi connectivity index (χ3v) is 3.40. The van der Waals surface area contributed by atoms with Crippen molar-refractivity contribution in [2.24, 2.45) is 11.3 Å². The van der Waals surface area contributed by atoms with E-state index in [9.17, 15) is 19.2 Å². The van der Waals surface area contributed by atoms with Gasteiger partial charge in [-0.3, -0.25) is 25.0 Å². The lowest BCUT2D eigenvalue weighted by Crippen LogP contribution is -2.65. The summed E-state index contributed by atoms with van der Waals surface area (Å²) >= 11 is 0. The quantitative estimate of drug-likeness (QED) is 0.554. The van der Waals surface area contributed by atoms with Crippen LogP contribution < -0.4 is 10.6 Å². The molecule has 0 spiro atoms. The van der Waals surface area contributed by atoms with Crippen molar-refractivity contribution in [2.45, 2.75) is 33.6 Å². The molecule has 4 amide bonds. The van der Waals surface area contributed by atoms with E-state index in [2.05, 4.69) is 0 Å². The van der Waals surface area contributed by atoms with Crippen molar-refractivity contribution in [3.05, 3.63) is 0 Å². The number of carbonyl (C=O) groups excluding carboxylic acids is 4. The van der Waals surface area contributed by atoms with Gasteiger partial charge in [0.1, 0.15) is 5.41 Å². The van der Waals surface area contributed by atoms with Gasteiger partial charge in [-0.15, -0.1) is 0 Å². The van der Waals surface area contributed by atoms with Crippen LogP contribution in [0.5, 0.6) is 0 Å². The summed E-state index contributed by atoms with van der Waals surface area (Å²) in [6, 6.07) is -0.863. The lowest BCUT2D eigenvalue weighted by Gasteiger charge is -2.37. The minimum Gasteiger partial charge on any atom is -0.466 e. The summed E-state index contributed by atoms with van der Waals surface area (Å²) in [7, 11) is 0. The molecule has 1 unspecified atom stereocenters. The van der Waals surface area contributed by atoms with Gasteiger partial charge in [0.05, 0.1) is 12.5 Å². The molecule has 1 saturated heterocycles. The van der Waals surface area contributed by atoms with Gasteiger partial charge in [0.2, 0.25) is 11.8 Å². The van der Waals surface area contributed by atoms with E-state index in [0.717, 1.165) is 0 Å². The predicted molar refractivity (Wildman–Crippen MR) is 64.8 cm³/mol. The standard InChI is InChI=1S/C12H18N2O5/c1-4-7(8(15)19-6-3)12(5-2)9(16)13-11(18)14-10(12)17/h7H,4-6H2,1-3H3,(H2,13,14,16,17,18). The first-order chi connectivity index (χ1) is 8.93. The summed E-state index contributed by atoms with van der Waals surface area (Å²) in [5.74, 6) is -3.01. The normalized spacial score (nSPS) is 19.4. The van der Waals surface area contributed by atoms with Crippen molar-refractivity contribution >= 4 is 23.8 Å². The average Bonchev–Trinajstić information content (AvgIpc) is 2.33. The minimum absolute atomic E-state index is 0.106. The SMILES string of the molecule is CCOC(=O)C(CC)C1(CC)C(=O)NC(=O)NC1=O. The third-order valence-electron chi connectivity index (χ3n) is 3.40. The van der Waals surface area contributed by atoms with Crippen LogP contribution in [0.25, 0.3) is 0 Å². The molecule has 0 saturated carbocycles. The van der Waals surface area contributed by atoms with Crippen LogP contribution in [0.15, 0.2) is 0 Å². The van der Waals surface area contributed by atoms with E-state index in [0.29, 0.717) is 0 Å². The second-order valence-corrected chi connectivity index (χ2v) is 4.28. The second-order valence-electron chi connectivity index (χ2n) is 4.28. The molecular weight excluding hydrogens is 252 g/mol. The molecule has 1 rings (SSSR count). The molecule has 0 aromatic rings. The number of urea groups is 1. The number of carbonyl (C=O) groups is 4. The Bertz CT molecular complexity index is 398. The van der Waals surface area contributed by atoms with E-state index in [1.165, 1.54) is 0 Å². The molecule has 2 N–H and O–H groups in total. The summed E-state index contributed by atoms with van der Waals surface area (Å²) in [5, 5.41) is 4.09. The first-order valence-corrected chi connectivity index (χ1v) is 6.27. The Morgan fingerprint density at radius 2 is 1.68 bits per heavy atom. The summed E-state index contributed by atoms with van der Waals surface area (Å²) in [6.45, 7) is 5.12. The molecule has 1 atom stereocenters. The highest BCUT2D eigenvalue weighted by Crippen LogP contribution is 2.37. The molecule has 0 aromatic carbocycles. The average molecular weight is 270 g/mol. The van der Waals surface area contributed by atoms with Crippen LogP contribution in [0.3, 0.4) is 0 Å². The number of amides is 4. The Morgan fingerprint density at radius 1 is 1.16 bits per heavy atom. The van der Waals surface area contributed by atoms with Crippen LogP contribution in [0, 0.1) is 11.3 Å². The fraction of sp³-hybridized carbons (Fsp3) is 0.667. The van der Waals surface area contributed by atoms with Crippen LogP contribution in [0.2, 0.25) is 0 Å². The van der Waals surface area contributed by atoms with Crippen LogP contribution in [0.1, 0.15) is 33.6 Å². The highest BCUT2D eigenvalue weighted by molar-refractivity contribution is 6.20. The molecular formula is C12H18N2O5. The van der Waals surface area contributed by atoms with Gasteiger partial charge < -0.3 is 4.74 Å². The monoisotopic (exact) mass is 270 g/mol. The van der Waals surface area contributed by atoms with Crippen molar-refractivity contribution in [3.8, 4) is 0 Å². The molecule has 1 aliphatic rings. The Labute approximate surface area is 111 Å². The van der Waals surface area contributed by atoms with Crippen molar-refractivity contribution in [1.82, 2.24) is 10.6 Å². The Hall–Kier alpha value is -1.92. The molecule has 0 bridgehead atoms. The van der Waals surface area contributed by atoms with Crippen LogP contribution in [-0.4, -0.2) is 30.4 Å². The lowest BCUT2D eigenvalue weighted by molar-refractivity contribution is -0.164. The van der Waals surface area contributed by atoms with Crippen LogP contribution in [0.4, 0.5) is 4.79 Å². The summed E-state index contributed by atoms with van der Waals surface area (Å²) in [6.07, 6.45) is 0.372. The minimum atomic E-state index is -1.59. The Morgan fingerprint density at radius 3 is 2.05 bits per heavy atom. The van der Waals surface area contributed by atoms with Crippen molar-refractivity contribution < 1.29 is 23.9 Å². The van der Waals surface area contributed by atoms with Crippen molar-refractivity contribution in [3.63, 3.8) is 0 Å². The molecule has 1 heterocycles. The maximum absolute atomic E-state index is 12.1. The molecule has 0 radical (unpaired) electrons. The number of rotatable bonds is 5. The predicted octanol–water partition coefficient (Wildman–Crippen LogP) is 0.338. The fourth-order valence-electron chi connectivity index (χ4n) is 2.41. The highest BCUT2D eigenvalue weighted by atomic mass is 16.5. The highest BCUT2D eigenvalue weighted by Gasteiger charge is 2.56. The van der Waals surface area contributed by atoms with E-state index in [1.807, 2.05) is 10.6 Å². The van der Waals surface area contributed by atoms with Gasteiger partial charge in [-0.25, -0.2) is 4.79 Å². The fourth-order valence-corrected chi connectivity index (χ4v) is 2.41. The second kappa shape index (κ2) is 5.81. The zero-order chi connectivity index (χ0) is 14.6. The Kier molecular flexibility index (Phi) is 4.63. The number of ether oxygens (including phenoxy) is 1. The molecule has 0 aromatic heterocycles. The number of hydrogen-bond donors (Lipinski definition) is 2. The van der Waals surface area contributed by atoms with E-state index in [4.69, 9.17) is 4.74 Å². The molecule has 19 heavy (non-hydrogen) atoms. The number of hydrogen-bond acceptors (Lipinski definition) is 5. The first-order valence-electron chi connectivity index (χ1n) is 6.27. The van der Waals surface area contributed by atoms with Crippen molar-refractivity contribution in [1.29, 1.82) is 0 Å². The zero-order valence-corrected chi connectivity index (χ0v) is 11.2. The number of nitrogens with one attached hydrogen (secondary N) is 2. The maximum atomic E-state index is 12.1. The van der Waals surface area contributed by atoms with Gasteiger partial charge in [0.25, 0.3) is 0 Å². The number of esters is 1. The maximum Gasteiger partial charge on any atom is 0.328 e. The summed E-state index contributed by atoms with van der Waals surface area (Å²) in [5.41, 5.74) is -1.59. The van der Waals surface area contributed by atoms with E-state index >= 15 is 0 Å². The molecule has 1 fully saturated rings. The topological polar surface area (TPSA) is 102 Å². The zero-order valence-electron chi connectivity index (χ0n) is 11.2. The van der Waals surface area contributed by atoms with E-state index in [-0.39, 0.29) is 19.4 Å². The van der Waals surface area contributed by atoms with Crippen LogP contribution in [-0.2, 0) is 19.1 Å². The van der Waals surface area contributed by atoms with E-state index < -0.39 is 35.1 Å². The van der Waals surface area contributed by atoms with Crippen molar-refractivity contribution in [2.75, 3.05) is 6.61 Å². The van der Waals surface area contributed by atoms with Gasteiger partial charge >= 0.3 is 12.0 Å². The van der Waals surface area contributed by atoms with Crippen LogP contribution >= 0.6 is 0 Å². The molecule has 7 nitrogen and oxygen atoms in total. The van der Waals surface area contributed by atoms with Gasteiger partial charge in [0.15, 0.2) is 0 Å².